The lowest BCUT2D eigenvalue weighted by Crippen LogP contribution is -2.30. The van der Waals surface area contributed by atoms with E-state index in [0.717, 1.165) is 42.7 Å². The Morgan fingerprint density at radius 1 is 1.12 bits per heavy atom. The van der Waals surface area contributed by atoms with Crippen molar-refractivity contribution in [1.29, 1.82) is 0 Å². The molecular weight excluding hydrogens is 461 g/mol. The van der Waals surface area contributed by atoms with Gasteiger partial charge in [-0.3, -0.25) is 14.9 Å². The summed E-state index contributed by atoms with van der Waals surface area (Å²) in [6.07, 6.45) is -5.51. The van der Waals surface area contributed by atoms with Crippen molar-refractivity contribution in [1.82, 2.24) is 0 Å². The van der Waals surface area contributed by atoms with Crippen LogP contribution in [0.3, 0.4) is 0 Å². The summed E-state index contributed by atoms with van der Waals surface area (Å²) in [6, 6.07) is 6.75. The Morgan fingerprint density at radius 2 is 1.72 bits per heavy atom. The summed E-state index contributed by atoms with van der Waals surface area (Å²) >= 11 is 0. The number of anilines is 1. The normalized spacial score (nSPS) is 12.5. The number of sulfone groups is 1. The number of hydrogen-bond donors (Lipinski definition) is 1. The topological polar surface area (TPSA) is 142 Å². The van der Waals surface area contributed by atoms with Crippen molar-refractivity contribution in [2.24, 2.45) is 0 Å². The fourth-order valence-electron chi connectivity index (χ4n) is 2.37. The van der Waals surface area contributed by atoms with Gasteiger partial charge in [-0.15, -0.1) is 13.2 Å². The number of benzene rings is 2. The van der Waals surface area contributed by atoms with Gasteiger partial charge in [0, 0.05) is 18.0 Å². The van der Waals surface area contributed by atoms with Crippen LogP contribution < -0.4 is 10.1 Å². The summed E-state index contributed by atoms with van der Waals surface area (Å²) < 4.78 is 68.4. The second-order valence-corrected chi connectivity index (χ2v) is 8.30. The van der Waals surface area contributed by atoms with Crippen molar-refractivity contribution in [3.63, 3.8) is 0 Å². The van der Waals surface area contributed by atoms with Gasteiger partial charge >= 0.3 is 12.3 Å². The summed E-state index contributed by atoms with van der Waals surface area (Å²) in [4.78, 5) is 34.0. The fourth-order valence-corrected chi connectivity index (χ4v) is 3.20. The van der Waals surface area contributed by atoms with Crippen molar-refractivity contribution in [2.75, 3.05) is 11.6 Å². The molecule has 0 heterocycles. The molecule has 2 rings (SSSR count). The highest BCUT2D eigenvalue weighted by molar-refractivity contribution is 7.90. The summed E-state index contributed by atoms with van der Waals surface area (Å²) in [5, 5.41) is 13.4. The van der Waals surface area contributed by atoms with Crippen molar-refractivity contribution < 1.29 is 45.6 Å². The molecule has 0 fully saturated rings. The van der Waals surface area contributed by atoms with Crippen molar-refractivity contribution in [3.8, 4) is 5.75 Å². The second-order valence-electron chi connectivity index (χ2n) is 6.32. The number of nitro benzene ring substituents is 1. The number of esters is 1. The van der Waals surface area contributed by atoms with E-state index in [0.29, 0.717) is 6.07 Å². The molecule has 0 aliphatic rings. The van der Waals surface area contributed by atoms with E-state index in [4.69, 9.17) is 4.74 Å². The quantitative estimate of drug-likeness (QED) is 0.365. The van der Waals surface area contributed by atoms with Crippen LogP contribution in [0.1, 0.15) is 17.3 Å². The molecular formula is C18H15F3N2O8S. The lowest BCUT2D eigenvalue weighted by atomic mass is 10.2. The minimum Gasteiger partial charge on any atom is -0.449 e. The fraction of sp³-hybridized carbons (Fsp3) is 0.222. The minimum atomic E-state index is -4.87. The first-order valence-electron chi connectivity index (χ1n) is 8.53. The van der Waals surface area contributed by atoms with Crippen LogP contribution >= 0.6 is 0 Å². The number of carbonyl (C=O) groups is 2. The minimum absolute atomic E-state index is 0.0839. The van der Waals surface area contributed by atoms with E-state index >= 15 is 0 Å². The van der Waals surface area contributed by atoms with Crippen LogP contribution in [-0.2, 0) is 19.4 Å². The van der Waals surface area contributed by atoms with Gasteiger partial charge in [0.1, 0.15) is 10.6 Å². The van der Waals surface area contributed by atoms with Crippen LogP contribution in [0, 0.1) is 10.1 Å². The van der Waals surface area contributed by atoms with Crippen LogP contribution in [-0.4, -0.2) is 43.9 Å². The smallest absolute Gasteiger partial charge is 0.449 e. The molecule has 0 aliphatic carbocycles. The molecule has 0 aliphatic heterocycles. The van der Waals surface area contributed by atoms with E-state index in [9.17, 15) is 41.3 Å². The van der Waals surface area contributed by atoms with Crippen molar-refractivity contribution >= 4 is 33.1 Å². The van der Waals surface area contributed by atoms with Gasteiger partial charge in [-0.05, 0) is 43.3 Å². The molecule has 0 bridgehead atoms. The largest absolute Gasteiger partial charge is 0.573 e. The van der Waals surface area contributed by atoms with Gasteiger partial charge < -0.3 is 14.8 Å². The molecule has 0 spiro atoms. The summed E-state index contributed by atoms with van der Waals surface area (Å²) in [5.41, 5.74) is -1.11. The molecule has 0 radical (unpaired) electrons. The van der Waals surface area contributed by atoms with Gasteiger partial charge in [-0.1, -0.05) is 0 Å². The number of rotatable bonds is 7. The van der Waals surface area contributed by atoms with Gasteiger partial charge in [0.15, 0.2) is 15.9 Å². The number of ether oxygens (including phenoxy) is 2. The molecule has 0 saturated carbocycles. The van der Waals surface area contributed by atoms with Crippen molar-refractivity contribution in [2.45, 2.75) is 24.3 Å². The highest BCUT2D eigenvalue weighted by atomic mass is 32.2. The molecule has 1 amide bonds. The second kappa shape index (κ2) is 9.21. The molecule has 1 unspecified atom stereocenters. The SMILES string of the molecule is CC(OC(=O)c1ccc(S(C)(=O)=O)c([N+](=O)[O-])c1)C(=O)Nc1ccc(OC(F)(F)F)cc1. The third-order valence-electron chi connectivity index (χ3n) is 3.80. The number of nitro groups is 1. The number of nitrogens with one attached hydrogen (secondary N) is 1. The molecule has 14 heteroatoms. The lowest BCUT2D eigenvalue weighted by Gasteiger charge is -2.14. The van der Waals surface area contributed by atoms with Gasteiger partial charge in [0.25, 0.3) is 11.6 Å². The molecule has 1 atom stereocenters. The van der Waals surface area contributed by atoms with Crippen LogP contribution in [0.15, 0.2) is 47.4 Å². The van der Waals surface area contributed by atoms with Crippen LogP contribution in [0.4, 0.5) is 24.5 Å². The Balaban J connectivity index is 2.08. The van der Waals surface area contributed by atoms with Gasteiger partial charge in [-0.2, -0.15) is 0 Å². The van der Waals surface area contributed by atoms with Gasteiger partial charge in [0.2, 0.25) is 0 Å². The first-order chi connectivity index (χ1) is 14.7. The predicted octanol–water partition coefficient (Wildman–Crippen LogP) is 3.08. The predicted molar refractivity (Wildman–Crippen MR) is 103 cm³/mol. The molecule has 0 aromatic heterocycles. The Bertz CT molecular complexity index is 1150. The Labute approximate surface area is 179 Å². The molecule has 10 nitrogen and oxygen atoms in total. The maximum Gasteiger partial charge on any atom is 0.573 e. The van der Waals surface area contributed by atoms with Crippen LogP contribution in [0.2, 0.25) is 0 Å². The van der Waals surface area contributed by atoms with Gasteiger partial charge in [0.05, 0.1) is 10.5 Å². The zero-order valence-electron chi connectivity index (χ0n) is 16.4. The summed E-state index contributed by atoms with van der Waals surface area (Å²) in [5.74, 6) is -2.48. The summed E-state index contributed by atoms with van der Waals surface area (Å²) in [6.45, 7) is 1.19. The Morgan fingerprint density at radius 3 is 2.22 bits per heavy atom. The Hall–Kier alpha value is -3.68. The summed E-state index contributed by atoms with van der Waals surface area (Å²) in [7, 11) is -3.93. The molecule has 2 aromatic rings. The molecule has 0 saturated heterocycles. The number of alkyl halides is 3. The third-order valence-corrected chi connectivity index (χ3v) is 4.94. The zero-order valence-corrected chi connectivity index (χ0v) is 17.2. The molecule has 172 valence electrons. The van der Waals surface area contributed by atoms with E-state index in [-0.39, 0.29) is 11.3 Å². The van der Waals surface area contributed by atoms with E-state index in [1.807, 2.05) is 0 Å². The average molecular weight is 476 g/mol. The van der Waals surface area contributed by atoms with Crippen LogP contribution in [0.25, 0.3) is 0 Å². The maximum atomic E-state index is 12.2. The number of carbonyl (C=O) groups excluding carboxylic acids is 2. The average Bonchev–Trinajstić information content (AvgIpc) is 2.67. The molecule has 1 N–H and O–H groups in total. The molecule has 32 heavy (non-hydrogen) atoms. The number of nitrogens with zero attached hydrogens (tertiary/aromatic N) is 1. The lowest BCUT2D eigenvalue weighted by molar-refractivity contribution is -0.387. The zero-order chi connectivity index (χ0) is 24.3. The van der Waals surface area contributed by atoms with E-state index in [1.165, 1.54) is 6.92 Å². The van der Waals surface area contributed by atoms with Crippen molar-refractivity contribution in [3.05, 3.63) is 58.1 Å². The first-order valence-corrected chi connectivity index (χ1v) is 10.4. The standard InChI is InChI=1S/C18H15F3N2O8S/c1-10(16(24)22-12-4-6-13(7-5-12)31-18(19,20)21)30-17(25)11-3-8-15(32(2,28)29)14(9-11)23(26)27/h3-10H,1-2H3,(H,22,24). The number of hydrogen-bond acceptors (Lipinski definition) is 8. The third kappa shape index (κ3) is 6.66. The maximum absolute atomic E-state index is 12.2. The number of amides is 1. The first kappa shape index (κ1) is 24.6. The van der Waals surface area contributed by atoms with E-state index < -0.39 is 55.4 Å². The van der Waals surface area contributed by atoms with E-state index in [2.05, 4.69) is 10.1 Å². The highest BCUT2D eigenvalue weighted by Gasteiger charge is 2.31. The monoisotopic (exact) mass is 476 g/mol. The Kier molecular flexibility index (Phi) is 7.08. The van der Waals surface area contributed by atoms with E-state index in [1.54, 1.807) is 0 Å². The van der Waals surface area contributed by atoms with Crippen LogP contribution in [0.5, 0.6) is 5.75 Å². The highest BCUT2D eigenvalue weighted by Crippen LogP contribution is 2.26. The van der Waals surface area contributed by atoms with Gasteiger partial charge in [-0.25, -0.2) is 13.2 Å². The number of halogens is 3. The molecule has 2 aromatic carbocycles.